The molecule has 1 fully saturated rings. The summed E-state index contributed by atoms with van der Waals surface area (Å²) in [6.07, 6.45) is 6.73. The summed E-state index contributed by atoms with van der Waals surface area (Å²) in [6.45, 7) is 5.13. The number of anilines is 2. The lowest BCUT2D eigenvalue weighted by molar-refractivity contribution is 0.0943. The molecule has 118 valence electrons. The van der Waals surface area contributed by atoms with E-state index in [0.717, 1.165) is 48.8 Å². The lowest BCUT2D eigenvalue weighted by Gasteiger charge is -2.36. The van der Waals surface area contributed by atoms with Gasteiger partial charge in [-0.25, -0.2) is 9.97 Å². The van der Waals surface area contributed by atoms with Crippen LogP contribution in [0.5, 0.6) is 0 Å². The monoisotopic (exact) mass is 292 g/mol. The lowest BCUT2D eigenvalue weighted by atomic mass is 9.74. The zero-order chi connectivity index (χ0) is 15.3. The van der Waals surface area contributed by atoms with Crippen molar-refractivity contribution in [1.29, 1.82) is 0 Å². The molecule has 1 heterocycles. The van der Waals surface area contributed by atoms with Gasteiger partial charge in [0, 0.05) is 31.0 Å². The summed E-state index contributed by atoms with van der Waals surface area (Å²) >= 11 is 0. The summed E-state index contributed by atoms with van der Waals surface area (Å²) in [5.41, 5.74) is 1.06. The van der Waals surface area contributed by atoms with Gasteiger partial charge in [-0.2, -0.15) is 0 Å². The first-order chi connectivity index (χ1) is 10.1. The zero-order valence-corrected chi connectivity index (χ0v) is 13.5. The maximum absolute atomic E-state index is 9.81. The highest BCUT2D eigenvalue weighted by Crippen LogP contribution is 2.36. The van der Waals surface area contributed by atoms with E-state index in [2.05, 4.69) is 27.5 Å². The maximum atomic E-state index is 9.81. The first-order valence-electron chi connectivity index (χ1n) is 8.04. The Labute approximate surface area is 127 Å². The normalized spacial score (nSPS) is 17.5. The van der Waals surface area contributed by atoms with Crippen molar-refractivity contribution in [1.82, 2.24) is 9.97 Å². The quantitative estimate of drug-likeness (QED) is 0.752. The largest absolute Gasteiger partial charge is 0.396 e. The van der Waals surface area contributed by atoms with E-state index in [0.29, 0.717) is 0 Å². The van der Waals surface area contributed by atoms with E-state index in [-0.39, 0.29) is 12.0 Å². The number of hydrogen-bond acceptors (Lipinski definition) is 5. The van der Waals surface area contributed by atoms with E-state index in [9.17, 15) is 5.11 Å². The molecule has 21 heavy (non-hydrogen) atoms. The minimum atomic E-state index is 0.0157. The van der Waals surface area contributed by atoms with Crippen LogP contribution in [-0.2, 0) is 6.42 Å². The van der Waals surface area contributed by atoms with E-state index in [1.807, 2.05) is 14.0 Å². The second-order valence-electron chi connectivity index (χ2n) is 6.14. The summed E-state index contributed by atoms with van der Waals surface area (Å²) in [4.78, 5) is 9.10. The van der Waals surface area contributed by atoms with Crippen LogP contribution in [0.2, 0.25) is 0 Å². The molecule has 0 aromatic carbocycles. The molecule has 0 unspecified atom stereocenters. The minimum absolute atomic E-state index is 0.0157. The van der Waals surface area contributed by atoms with Crippen LogP contribution in [0, 0.1) is 12.3 Å². The molecule has 0 spiro atoms. The van der Waals surface area contributed by atoms with Gasteiger partial charge in [-0.1, -0.05) is 26.2 Å². The number of aliphatic hydroxyl groups excluding tert-OH is 1. The highest BCUT2D eigenvalue weighted by molar-refractivity contribution is 5.57. The van der Waals surface area contributed by atoms with Crippen molar-refractivity contribution in [3.8, 4) is 0 Å². The number of rotatable bonds is 6. The SMILES string of the molecule is CCc1nc(NC)c(C)c(NCC2(CO)CCCCC2)n1. The van der Waals surface area contributed by atoms with Crippen molar-refractivity contribution in [2.75, 3.05) is 30.8 Å². The third-order valence-electron chi connectivity index (χ3n) is 4.63. The fourth-order valence-corrected chi connectivity index (χ4v) is 3.10. The number of aromatic nitrogens is 2. The van der Waals surface area contributed by atoms with Crippen molar-refractivity contribution in [2.24, 2.45) is 5.41 Å². The fraction of sp³-hybridized carbons (Fsp3) is 0.750. The van der Waals surface area contributed by atoms with Gasteiger partial charge in [-0.05, 0) is 19.8 Å². The number of nitrogens with zero attached hydrogens (tertiary/aromatic N) is 2. The molecular weight excluding hydrogens is 264 g/mol. The van der Waals surface area contributed by atoms with Crippen molar-refractivity contribution in [3.05, 3.63) is 11.4 Å². The Morgan fingerprint density at radius 2 is 1.81 bits per heavy atom. The maximum Gasteiger partial charge on any atom is 0.134 e. The second-order valence-corrected chi connectivity index (χ2v) is 6.14. The van der Waals surface area contributed by atoms with E-state index < -0.39 is 0 Å². The third kappa shape index (κ3) is 3.64. The Kier molecular flexibility index (Phi) is 5.39. The fourth-order valence-electron chi connectivity index (χ4n) is 3.10. The van der Waals surface area contributed by atoms with Gasteiger partial charge in [0.25, 0.3) is 0 Å². The van der Waals surface area contributed by atoms with Crippen molar-refractivity contribution >= 4 is 11.6 Å². The smallest absolute Gasteiger partial charge is 0.134 e. The molecule has 1 aromatic rings. The Morgan fingerprint density at radius 3 is 2.38 bits per heavy atom. The van der Waals surface area contributed by atoms with Crippen molar-refractivity contribution in [3.63, 3.8) is 0 Å². The Hall–Kier alpha value is -1.36. The van der Waals surface area contributed by atoms with Crippen LogP contribution < -0.4 is 10.6 Å². The van der Waals surface area contributed by atoms with Crippen LogP contribution in [0.25, 0.3) is 0 Å². The van der Waals surface area contributed by atoms with E-state index in [1.54, 1.807) is 0 Å². The van der Waals surface area contributed by atoms with Gasteiger partial charge in [-0.15, -0.1) is 0 Å². The molecular formula is C16H28N4O. The topological polar surface area (TPSA) is 70.1 Å². The average Bonchev–Trinajstić information content (AvgIpc) is 2.54. The molecule has 0 radical (unpaired) electrons. The summed E-state index contributed by atoms with van der Waals surface area (Å²) in [6, 6.07) is 0. The summed E-state index contributed by atoms with van der Waals surface area (Å²) in [5, 5.41) is 16.4. The molecule has 0 saturated heterocycles. The highest BCUT2D eigenvalue weighted by atomic mass is 16.3. The minimum Gasteiger partial charge on any atom is -0.396 e. The van der Waals surface area contributed by atoms with Gasteiger partial charge in [-0.3, -0.25) is 0 Å². The Morgan fingerprint density at radius 1 is 1.14 bits per heavy atom. The number of aryl methyl sites for hydroxylation is 1. The molecule has 5 nitrogen and oxygen atoms in total. The number of nitrogens with one attached hydrogen (secondary N) is 2. The highest BCUT2D eigenvalue weighted by Gasteiger charge is 2.31. The molecule has 1 aliphatic rings. The van der Waals surface area contributed by atoms with Crippen LogP contribution in [0.3, 0.4) is 0 Å². The molecule has 2 rings (SSSR count). The van der Waals surface area contributed by atoms with Crippen molar-refractivity contribution in [2.45, 2.75) is 52.4 Å². The van der Waals surface area contributed by atoms with Gasteiger partial charge in [0.1, 0.15) is 17.5 Å². The number of hydrogen-bond donors (Lipinski definition) is 3. The van der Waals surface area contributed by atoms with Crippen LogP contribution in [-0.4, -0.2) is 35.3 Å². The van der Waals surface area contributed by atoms with Gasteiger partial charge in [0.2, 0.25) is 0 Å². The van der Waals surface area contributed by atoms with Gasteiger partial charge in [0.05, 0.1) is 6.61 Å². The Balaban J connectivity index is 2.14. The molecule has 1 aliphatic carbocycles. The Bertz CT molecular complexity index is 470. The zero-order valence-electron chi connectivity index (χ0n) is 13.5. The van der Waals surface area contributed by atoms with Crippen LogP contribution in [0.4, 0.5) is 11.6 Å². The first-order valence-corrected chi connectivity index (χ1v) is 8.04. The summed E-state index contributed by atoms with van der Waals surface area (Å²) < 4.78 is 0. The van der Waals surface area contributed by atoms with E-state index in [1.165, 1.54) is 19.3 Å². The number of aliphatic hydroxyl groups is 1. The van der Waals surface area contributed by atoms with Gasteiger partial charge < -0.3 is 15.7 Å². The second kappa shape index (κ2) is 7.07. The standard InChI is InChI=1S/C16H28N4O/c1-4-13-19-14(17-3)12(2)15(20-13)18-10-16(11-21)8-6-5-7-9-16/h21H,4-11H2,1-3H3,(H2,17,18,19,20). The lowest BCUT2D eigenvalue weighted by Crippen LogP contribution is -2.36. The predicted octanol–water partition coefficient (Wildman–Crippen LogP) is 2.74. The summed E-state index contributed by atoms with van der Waals surface area (Å²) in [7, 11) is 1.88. The molecule has 5 heteroatoms. The third-order valence-corrected chi connectivity index (χ3v) is 4.63. The van der Waals surface area contributed by atoms with E-state index in [4.69, 9.17) is 0 Å². The van der Waals surface area contributed by atoms with Gasteiger partial charge >= 0.3 is 0 Å². The van der Waals surface area contributed by atoms with Crippen molar-refractivity contribution < 1.29 is 5.11 Å². The molecule has 0 atom stereocenters. The van der Waals surface area contributed by atoms with E-state index >= 15 is 0 Å². The van der Waals surface area contributed by atoms with Crippen LogP contribution >= 0.6 is 0 Å². The predicted molar refractivity (Wildman–Crippen MR) is 86.8 cm³/mol. The summed E-state index contributed by atoms with van der Waals surface area (Å²) in [5.74, 6) is 2.62. The average molecular weight is 292 g/mol. The van der Waals surface area contributed by atoms with Gasteiger partial charge in [0.15, 0.2) is 0 Å². The molecule has 0 bridgehead atoms. The van der Waals surface area contributed by atoms with Crippen LogP contribution in [0.15, 0.2) is 0 Å². The molecule has 3 N–H and O–H groups in total. The van der Waals surface area contributed by atoms with Crippen LogP contribution in [0.1, 0.15) is 50.4 Å². The molecule has 0 amide bonds. The first kappa shape index (κ1) is 16.0. The molecule has 0 aliphatic heterocycles. The molecule has 1 saturated carbocycles. The molecule has 1 aromatic heterocycles.